The highest BCUT2D eigenvalue weighted by Crippen LogP contribution is 2.40. The molecule has 0 saturated heterocycles. The number of aromatic nitrogens is 1. The van der Waals surface area contributed by atoms with Crippen LogP contribution in [0.2, 0.25) is 0 Å². The lowest BCUT2D eigenvalue weighted by Gasteiger charge is -2.25. The van der Waals surface area contributed by atoms with E-state index in [4.69, 9.17) is 0 Å². The van der Waals surface area contributed by atoms with E-state index in [9.17, 15) is 9.59 Å². The summed E-state index contributed by atoms with van der Waals surface area (Å²) in [7, 11) is 0. The lowest BCUT2D eigenvalue weighted by atomic mass is 9.97. The summed E-state index contributed by atoms with van der Waals surface area (Å²) in [5, 5.41) is 4.16. The summed E-state index contributed by atoms with van der Waals surface area (Å²) in [5.41, 5.74) is 3.69. The van der Waals surface area contributed by atoms with Gasteiger partial charge in [0.25, 0.3) is 5.91 Å². The molecule has 2 aromatic carbocycles. The fourth-order valence-electron chi connectivity index (χ4n) is 4.60. The zero-order valence-corrected chi connectivity index (χ0v) is 18.4. The summed E-state index contributed by atoms with van der Waals surface area (Å²) in [6.45, 7) is 5.08. The molecule has 2 atom stereocenters. The molecular weight excluding hydrogens is 386 g/mol. The van der Waals surface area contributed by atoms with Gasteiger partial charge in [-0.25, -0.2) is 0 Å². The smallest absolute Gasteiger partial charge is 0.255 e. The SMILES string of the molecule is CCCCC(CC)CNC(=O)CN1C(=O)c2ccccc2C1c1c[nH]c2ccccc12. The van der Waals surface area contributed by atoms with E-state index >= 15 is 0 Å². The van der Waals surface area contributed by atoms with Crippen LogP contribution < -0.4 is 5.32 Å². The fraction of sp³-hybridized carbons (Fsp3) is 0.385. The minimum atomic E-state index is -0.271. The van der Waals surface area contributed by atoms with Crippen LogP contribution in [0.5, 0.6) is 0 Å². The maximum atomic E-state index is 13.2. The van der Waals surface area contributed by atoms with Crippen molar-refractivity contribution in [2.75, 3.05) is 13.1 Å². The number of nitrogens with zero attached hydrogens (tertiary/aromatic N) is 1. The Bertz CT molecular complexity index is 1070. The molecule has 162 valence electrons. The highest BCUT2D eigenvalue weighted by atomic mass is 16.2. The molecule has 2 amide bonds. The van der Waals surface area contributed by atoms with Crippen molar-refractivity contribution in [1.82, 2.24) is 15.2 Å². The summed E-state index contributed by atoms with van der Waals surface area (Å²) < 4.78 is 0. The molecule has 5 nitrogen and oxygen atoms in total. The van der Waals surface area contributed by atoms with Gasteiger partial charge in [-0.2, -0.15) is 0 Å². The number of hydrogen-bond acceptors (Lipinski definition) is 2. The average Bonchev–Trinajstić information content (AvgIpc) is 3.33. The van der Waals surface area contributed by atoms with Gasteiger partial charge < -0.3 is 15.2 Å². The molecule has 31 heavy (non-hydrogen) atoms. The maximum Gasteiger partial charge on any atom is 0.255 e. The Balaban J connectivity index is 1.57. The van der Waals surface area contributed by atoms with Gasteiger partial charge in [0, 0.05) is 34.8 Å². The first kappa shape index (κ1) is 21.2. The van der Waals surface area contributed by atoms with Crippen molar-refractivity contribution in [1.29, 1.82) is 0 Å². The van der Waals surface area contributed by atoms with Gasteiger partial charge in [0.1, 0.15) is 6.54 Å². The first-order valence-electron chi connectivity index (χ1n) is 11.4. The summed E-state index contributed by atoms with van der Waals surface area (Å²) >= 11 is 0. The van der Waals surface area contributed by atoms with E-state index in [-0.39, 0.29) is 24.4 Å². The summed E-state index contributed by atoms with van der Waals surface area (Å²) in [4.78, 5) is 31.1. The Morgan fingerprint density at radius 2 is 1.87 bits per heavy atom. The molecule has 0 saturated carbocycles. The van der Waals surface area contributed by atoms with Crippen molar-refractivity contribution >= 4 is 22.7 Å². The average molecular weight is 418 g/mol. The van der Waals surface area contributed by atoms with E-state index in [1.807, 2.05) is 48.7 Å². The third kappa shape index (κ3) is 4.22. The molecule has 3 aromatic rings. The van der Waals surface area contributed by atoms with Crippen LogP contribution in [-0.4, -0.2) is 34.8 Å². The second-order valence-corrected chi connectivity index (χ2v) is 8.43. The number of hydrogen-bond donors (Lipinski definition) is 2. The highest BCUT2D eigenvalue weighted by Gasteiger charge is 2.39. The molecule has 0 radical (unpaired) electrons. The topological polar surface area (TPSA) is 65.2 Å². The summed E-state index contributed by atoms with van der Waals surface area (Å²) in [6.07, 6.45) is 6.48. The minimum Gasteiger partial charge on any atom is -0.361 e. The summed E-state index contributed by atoms with van der Waals surface area (Å²) in [6, 6.07) is 15.5. The van der Waals surface area contributed by atoms with Crippen LogP contribution in [-0.2, 0) is 4.79 Å². The molecule has 0 fully saturated rings. The van der Waals surface area contributed by atoms with Crippen LogP contribution in [0.15, 0.2) is 54.7 Å². The molecule has 2 heterocycles. The number of carbonyl (C=O) groups excluding carboxylic acids is 2. The second kappa shape index (κ2) is 9.38. The van der Waals surface area contributed by atoms with Gasteiger partial charge in [0.2, 0.25) is 5.91 Å². The van der Waals surface area contributed by atoms with Gasteiger partial charge in [-0.05, 0) is 30.0 Å². The number of unbranched alkanes of at least 4 members (excludes halogenated alkanes) is 1. The molecule has 0 spiro atoms. The van der Waals surface area contributed by atoms with Gasteiger partial charge in [0.15, 0.2) is 0 Å². The Morgan fingerprint density at radius 3 is 2.68 bits per heavy atom. The predicted octanol–water partition coefficient (Wildman–Crippen LogP) is 5.05. The number of para-hydroxylation sites is 1. The van der Waals surface area contributed by atoms with Gasteiger partial charge in [-0.3, -0.25) is 9.59 Å². The molecule has 4 rings (SSSR count). The minimum absolute atomic E-state index is 0.0574. The van der Waals surface area contributed by atoms with Crippen LogP contribution in [0, 0.1) is 5.92 Å². The number of H-pyrrole nitrogens is 1. The van der Waals surface area contributed by atoms with Crippen molar-refractivity contribution in [2.24, 2.45) is 5.92 Å². The van der Waals surface area contributed by atoms with Gasteiger partial charge in [-0.15, -0.1) is 0 Å². The monoisotopic (exact) mass is 417 g/mol. The number of benzene rings is 2. The highest BCUT2D eigenvalue weighted by molar-refractivity contribution is 6.02. The number of nitrogens with one attached hydrogen (secondary N) is 2. The Kier molecular flexibility index (Phi) is 6.40. The molecular formula is C26H31N3O2. The normalized spacial score (nSPS) is 16.5. The van der Waals surface area contributed by atoms with Crippen molar-refractivity contribution in [2.45, 2.75) is 45.6 Å². The van der Waals surface area contributed by atoms with E-state index < -0.39 is 0 Å². The lowest BCUT2D eigenvalue weighted by Crippen LogP contribution is -2.41. The molecule has 0 aliphatic carbocycles. The predicted molar refractivity (Wildman–Crippen MR) is 124 cm³/mol. The fourth-order valence-corrected chi connectivity index (χ4v) is 4.60. The van der Waals surface area contributed by atoms with E-state index in [1.54, 1.807) is 4.90 Å². The second-order valence-electron chi connectivity index (χ2n) is 8.43. The Labute approximate surface area is 183 Å². The van der Waals surface area contributed by atoms with Crippen LogP contribution in [0.3, 0.4) is 0 Å². The number of carbonyl (C=O) groups is 2. The third-order valence-corrected chi connectivity index (χ3v) is 6.42. The van der Waals surface area contributed by atoms with Crippen molar-refractivity contribution < 1.29 is 9.59 Å². The van der Waals surface area contributed by atoms with Crippen LogP contribution in [0.4, 0.5) is 0 Å². The maximum absolute atomic E-state index is 13.2. The number of rotatable bonds is 9. The van der Waals surface area contributed by atoms with Crippen molar-refractivity contribution in [3.63, 3.8) is 0 Å². The third-order valence-electron chi connectivity index (χ3n) is 6.42. The van der Waals surface area contributed by atoms with E-state index in [1.165, 1.54) is 6.42 Å². The Morgan fingerprint density at radius 1 is 1.10 bits per heavy atom. The van der Waals surface area contributed by atoms with E-state index in [2.05, 4.69) is 30.2 Å². The zero-order chi connectivity index (χ0) is 21.8. The lowest BCUT2D eigenvalue weighted by molar-refractivity contribution is -0.122. The van der Waals surface area contributed by atoms with Gasteiger partial charge in [-0.1, -0.05) is 69.5 Å². The summed E-state index contributed by atoms with van der Waals surface area (Å²) in [5.74, 6) is 0.305. The van der Waals surface area contributed by atoms with Gasteiger partial charge >= 0.3 is 0 Å². The molecule has 0 bridgehead atoms. The number of aromatic amines is 1. The van der Waals surface area contributed by atoms with Crippen molar-refractivity contribution in [3.8, 4) is 0 Å². The standard InChI is InChI=1S/C26H31N3O2/c1-3-5-10-18(4-2)15-28-24(30)17-29-25(20-12-6-7-13-21(20)26(29)31)22-16-27-23-14-9-8-11-19(22)23/h6-9,11-14,16,18,25,27H,3-5,10,15,17H2,1-2H3,(H,28,30). The number of amides is 2. The van der Waals surface area contributed by atoms with E-state index in [0.29, 0.717) is 18.0 Å². The molecule has 1 aliphatic heterocycles. The number of fused-ring (bicyclic) bond motifs is 2. The quantitative estimate of drug-likeness (QED) is 0.512. The zero-order valence-electron chi connectivity index (χ0n) is 18.4. The molecule has 2 unspecified atom stereocenters. The Hall–Kier alpha value is -3.08. The molecule has 1 aliphatic rings. The molecule has 2 N–H and O–H groups in total. The molecule has 1 aromatic heterocycles. The first-order valence-corrected chi connectivity index (χ1v) is 11.4. The largest absolute Gasteiger partial charge is 0.361 e. The van der Waals surface area contributed by atoms with Crippen LogP contribution in [0.1, 0.15) is 67.1 Å². The van der Waals surface area contributed by atoms with E-state index in [0.717, 1.165) is 41.3 Å². The molecule has 5 heteroatoms. The first-order chi connectivity index (χ1) is 15.1. The van der Waals surface area contributed by atoms with Crippen molar-refractivity contribution in [3.05, 3.63) is 71.4 Å². The van der Waals surface area contributed by atoms with Crippen LogP contribution >= 0.6 is 0 Å². The van der Waals surface area contributed by atoms with Crippen LogP contribution in [0.25, 0.3) is 10.9 Å². The van der Waals surface area contributed by atoms with Gasteiger partial charge in [0.05, 0.1) is 6.04 Å².